The van der Waals surface area contributed by atoms with Gasteiger partial charge in [-0.25, -0.2) is 4.39 Å². The third kappa shape index (κ3) is 7.14. The number of piperidine rings is 1. The van der Waals surface area contributed by atoms with Gasteiger partial charge in [-0.2, -0.15) is 0 Å². The molecule has 1 heterocycles. The van der Waals surface area contributed by atoms with E-state index in [1.54, 1.807) is 0 Å². The number of hydrogen-bond donors (Lipinski definition) is 2. The van der Waals surface area contributed by atoms with Crippen molar-refractivity contribution in [3.63, 3.8) is 0 Å². The molecule has 166 valence electrons. The van der Waals surface area contributed by atoms with Gasteiger partial charge in [0.2, 0.25) is 5.91 Å². The van der Waals surface area contributed by atoms with Crippen LogP contribution < -0.4 is 10.6 Å². The molecule has 1 saturated heterocycles. The summed E-state index contributed by atoms with van der Waals surface area (Å²) in [6, 6.07) is 12.8. The smallest absolute Gasteiger partial charge is 0.251 e. The Labute approximate surface area is 191 Å². The maximum Gasteiger partial charge on any atom is 0.251 e. The number of rotatable bonds is 8. The summed E-state index contributed by atoms with van der Waals surface area (Å²) in [6.07, 6.45) is 3.15. The van der Waals surface area contributed by atoms with Crippen LogP contribution in [0.4, 0.5) is 4.39 Å². The van der Waals surface area contributed by atoms with Crippen LogP contribution in [0.15, 0.2) is 46.9 Å². The highest BCUT2D eigenvalue weighted by molar-refractivity contribution is 9.10. The Balaban J connectivity index is 1.33. The molecule has 1 aliphatic heterocycles. The van der Waals surface area contributed by atoms with E-state index in [1.165, 1.54) is 29.3 Å². The zero-order valence-electron chi connectivity index (χ0n) is 17.8. The number of halogens is 2. The van der Waals surface area contributed by atoms with E-state index in [2.05, 4.69) is 62.7 Å². The first-order chi connectivity index (χ1) is 14.9. The molecule has 3 rings (SSSR count). The van der Waals surface area contributed by atoms with E-state index in [-0.39, 0.29) is 16.9 Å². The van der Waals surface area contributed by atoms with Gasteiger partial charge in [-0.15, -0.1) is 0 Å². The van der Waals surface area contributed by atoms with Crippen LogP contribution in [0.5, 0.6) is 0 Å². The number of amides is 2. The van der Waals surface area contributed by atoms with Crippen LogP contribution in [0, 0.1) is 11.7 Å². The molecule has 0 bridgehead atoms. The van der Waals surface area contributed by atoms with Gasteiger partial charge in [0.1, 0.15) is 5.82 Å². The summed E-state index contributed by atoms with van der Waals surface area (Å²) >= 11 is 3.05. The summed E-state index contributed by atoms with van der Waals surface area (Å²) in [5.41, 5.74) is 3.01. The van der Waals surface area contributed by atoms with Crippen LogP contribution >= 0.6 is 15.9 Å². The Bertz CT molecular complexity index is 896. The molecule has 0 radical (unpaired) electrons. The number of nitrogens with one attached hydrogen (secondary N) is 2. The molecule has 5 nitrogen and oxygen atoms in total. The molecule has 0 spiro atoms. The minimum absolute atomic E-state index is 0.0968. The zero-order valence-corrected chi connectivity index (χ0v) is 19.4. The monoisotopic (exact) mass is 489 g/mol. The highest BCUT2D eigenvalue weighted by Gasteiger charge is 2.20. The molecular weight excluding hydrogens is 461 g/mol. The summed E-state index contributed by atoms with van der Waals surface area (Å²) < 4.78 is 13.5. The fraction of sp³-hybridized carbons (Fsp3) is 0.417. The Morgan fingerprint density at radius 3 is 2.39 bits per heavy atom. The Kier molecular flexibility index (Phi) is 8.60. The van der Waals surface area contributed by atoms with Crippen molar-refractivity contribution in [2.75, 3.05) is 26.2 Å². The number of benzene rings is 2. The van der Waals surface area contributed by atoms with Crippen molar-refractivity contribution in [2.24, 2.45) is 5.92 Å². The second-order valence-electron chi connectivity index (χ2n) is 8.01. The van der Waals surface area contributed by atoms with Crippen LogP contribution in [0.3, 0.4) is 0 Å². The number of likely N-dealkylation sites (tertiary alicyclic amines) is 1. The number of carbonyl (C=O) groups is 2. The normalized spacial score (nSPS) is 14.9. The minimum Gasteiger partial charge on any atom is -0.354 e. The van der Waals surface area contributed by atoms with E-state index in [4.69, 9.17) is 0 Å². The Morgan fingerprint density at radius 2 is 1.74 bits per heavy atom. The maximum absolute atomic E-state index is 13.3. The van der Waals surface area contributed by atoms with Crippen molar-refractivity contribution in [1.29, 1.82) is 0 Å². The fourth-order valence-electron chi connectivity index (χ4n) is 3.71. The van der Waals surface area contributed by atoms with Gasteiger partial charge >= 0.3 is 0 Å². The van der Waals surface area contributed by atoms with Crippen LogP contribution in [-0.2, 0) is 17.8 Å². The zero-order chi connectivity index (χ0) is 22.2. The number of carbonyl (C=O) groups excluding carboxylic acids is 2. The summed E-state index contributed by atoms with van der Waals surface area (Å²) in [6.45, 7) is 5.69. The molecule has 2 N–H and O–H groups in total. The van der Waals surface area contributed by atoms with Gasteiger partial charge in [0.25, 0.3) is 5.91 Å². The van der Waals surface area contributed by atoms with Crippen LogP contribution in [0.1, 0.15) is 41.3 Å². The number of aryl methyl sites for hydroxylation is 1. The van der Waals surface area contributed by atoms with Crippen LogP contribution in [0.2, 0.25) is 0 Å². The van der Waals surface area contributed by atoms with E-state index in [9.17, 15) is 14.0 Å². The molecule has 31 heavy (non-hydrogen) atoms. The van der Waals surface area contributed by atoms with Gasteiger partial charge in [0.05, 0.1) is 11.0 Å². The maximum atomic E-state index is 13.3. The summed E-state index contributed by atoms with van der Waals surface area (Å²) in [7, 11) is 0. The first-order valence-corrected chi connectivity index (χ1v) is 11.5. The topological polar surface area (TPSA) is 61.4 Å². The van der Waals surface area contributed by atoms with E-state index in [0.29, 0.717) is 18.0 Å². The van der Waals surface area contributed by atoms with E-state index < -0.39 is 11.7 Å². The molecule has 0 aliphatic carbocycles. The van der Waals surface area contributed by atoms with Crippen molar-refractivity contribution in [3.8, 4) is 0 Å². The number of hydrogen-bond acceptors (Lipinski definition) is 3. The third-order valence-corrected chi connectivity index (χ3v) is 6.33. The fourth-order valence-corrected chi connectivity index (χ4v) is 4.09. The molecule has 1 fully saturated rings. The highest BCUT2D eigenvalue weighted by Crippen LogP contribution is 2.19. The SMILES string of the molecule is CCc1ccc(CN2CCC(CNC(=O)CNC(=O)c3ccc(F)c(Br)c3)CC2)cc1. The van der Waals surface area contributed by atoms with Gasteiger partial charge in [-0.3, -0.25) is 14.5 Å². The third-order valence-electron chi connectivity index (χ3n) is 5.72. The molecule has 2 amide bonds. The first-order valence-electron chi connectivity index (χ1n) is 10.7. The average Bonchev–Trinajstić information content (AvgIpc) is 2.79. The van der Waals surface area contributed by atoms with Gasteiger partial charge in [0.15, 0.2) is 0 Å². The Morgan fingerprint density at radius 1 is 1.06 bits per heavy atom. The Hall–Kier alpha value is -2.25. The molecule has 0 saturated carbocycles. The standard InChI is InChI=1S/C24H29BrFN3O2/c1-2-17-3-5-19(6-4-17)16-29-11-9-18(10-12-29)14-27-23(30)15-28-24(31)20-7-8-22(26)21(25)13-20/h3-8,13,18H,2,9-12,14-16H2,1H3,(H,27,30)(H,28,31). The molecule has 2 aromatic carbocycles. The lowest BCUT2D eigenvalue weighted by Gasteiger charge is -2.32. The molecule has 2 aromatic rings. The second kappa shape index (κ2) is 11.4. The minimum atomic E-state index is -0.435. The van der Waals surface area contributed by atoms with Gasteiger partial charge < -0.3 is 10.6 Å². The van der Waals surface area contributed by atoms with Crippen molar-refractivity contribution in [1.82, 2.24) is 15.5 Å². The quantitative estimate of drug-likeness (QED) is 0.590. The molecule has 1 aliphatic rings. The van der Waals surface area contributed by atoms with E-state index in [0.717, 1.165) is 38.9 Å². The largest absolute Gasteiger partial charge is 0.354 e. The van der Waals surface area contributed by atoms with Crippen molar-refractivity contribution in [2.45, 2.75) is 32.7 Å². The lowest BCUT2D eigenvalue weighted by molar-refractivity contribution is -0.120. The summed E-state index contributed by atoms with van der Waals surface area (Å²) in [5, 5.41) is 5.49. The second-order valence-corrected chi connectivity index (χ2v) is 8.86. The van der Waals surface area contributed by atoms with Crippen molar-refractivity contribution in [3.05, 3.63) is 69.4 Å². The molecule has 0 aromatic heterocycles. The average molecular weight is 490 g/mol. The van der Waals surface area contributed by atoms with Gasteiger partial charge in [-0.05, 0) is 83.5 Å². The highest BCUT2D eigenvalue weighted by atomic mass is 79.9. The molecule has 7 heteroatoms. The predicted molar refractivity (Wildman–Crippen MR) is 123 cm³/mol. The van der Waals surface area contributed by atoms with Crippen molar-refractivity contribution < 1.29 is 14.0 Å². The molecule has 0 atom stereocenters. The van der Waals surface area contributed by atoms with Gasteiger partial charge in [-0.1, -0.05) is 31.2 Å². The predicted octanol–water partition coefficient (Wildman–Crippen LogP) is 3.91. The lowest BCUT2D eigenvalue weighted by atomic mass is 9.96. The first kappa shape index (κ1) is 23.4. The van der Waals surface area contributed by atoms with Crippen molar-refractivity contribution >= 4 is 27.7 Å². The lowest BCUT2D eigenvalue weighted by Crippen LogP contribution is -2.41. The molecule has 0 unspecified atom stereocenters. The number of nitrogens with zero attached hydrogens (tertiary/aromatic N) is 1. The van der Waals surface area contributed by atoms with Crippen LogP contribution in [-0.4, -0.2) is 42.9 Å². The van der Waals surface area contributed by atoms with Gasteiger partial charge in [0, 0.05) is 18.7 Å². The molecular formula is C24H29BrFN3O2. The van der Waals surface area contributed by atoms with E-state index >= 15 is 0 Å². The van der Waals surface area contributed by atoms with Crippen LogP contribution in [0.25, 0.3) is 0 Å². The van der Waals surface area contributed by atoms with E-state index in [1.807, 2.05) is 0 Å². The summed E-state index contributed by atoms with van der Waals surface area (Å²) in [5.74, 6) is -0.606. The summed E-state index contributed by atoms with van der Waals surface area (Å²) in [4.78, 5) is 26.7.